The van der Waals surface area contributed by atoms with Gasteiger partial charge in [0.05, 0.1) is 24.7 Å². The average molecular weight is 510 g/mol. The number of anilines is 1. The predicted octanol–water partition coefficient (Wildman–Crippen LogP) is 3.38. The lowest BCUT2D eigenvalue weighted by Gasteiger charge is -2.45. The van der Waals surface area contributed by atoms with Crippen LogP contribution < -0.4 is 16.2 Å². The van der Waals surface area contributed by atoms with Crippen LogP contribution in [0.3, 0.4) is 0 Å². The second-order valence-electron chi connectivity index (χ2n) is 10.8. The predicted molar refractivity (Wildman–Crippen MR) is 143 cm³/mol. The number of methoxy groups -OCH3 is 1. The Morgan fingerprint density at radius 2 is 1.59 bits per heavy atom. The van der Waals surface area contributed by atoms with E-state index in [2.05, 4.69) is 25.3 Å². The Bertz CT molecular complexity index is 1160. The van der Waals surface area contributed by atoms with Gasteiger partial charge in [-0.05, 0) is 50.7 Å². The molecule has 1 saturated carbocycles. The maximum atomic E-state index is 13.7. The van der Waals surface area contributed by atoms with Crippen molar-refractivity contribution in [3.05, 3.63) is 34.6 Å². The Balaban J connectivity index is 1.36. The van der Waals surface area contributed by atoms with E-state index in [0.29, 0.717) is 18.1 Å². The Labute approximate surface area is 218 Å². The summed E-state index contributed by atoms with van der Waals surface area (Å²) in [6.07, 6.45) is 13.7. The van der Waals surface area contributed by atoms with E-state index >= 15 is 0 Å². The van der Waals surface area contributed by atoms with Gasteiger partial charge in [-0.2, -0.15) is 0 Å². The lowest BCUT2D eigenvalue weighted by atomic mass is 9.89. The number of esters is 1. The van der Waals surface area contributed by atoms with Gasteiger partial charge >= 0.3 is 5.97 Å². The molecular weight excluding hydrogens is 470 g/mol. The molecule has 5 rings (SSSR count). The Morgan fingerprint density at radius 1 is 0.919 bits per heavy atom. The van der Waals surface area contributed by atoms with Crippen LogP contribution in [0, 0.1) is 0 Å². The molecule has 3 heterocycles. The molecule has 2 aliphatic heterocycles. The van der Waals surface area contributed by atoms with Crippen LogP contribution >= 0.6 is 0 Å². The molecular formula is C28H39N5O4. The standard InChI is InChI=1S/C28H39N5O4/c1-37-26(35)18-29-25(34)17-30-27-28(36)33(24-12-8-7-11-23(24)31-27)22-15-20-13-14-21(16-22)32(20)19-9-5-3-2-4-6-10-19/h7-8,11-12,19-22H,2-6,9-10,13-18H2,1H3,(H,29,34)(H,30,31)/t20-,21+,22+. The summed E-state index contributed by atoms with van der Waals surface area (Å²) in [7, 11) is 1.27. The number of nitrogens with zero attached hydrogens (tertiary/aromatic N) is 3. The van der Waals surface area contributed by atoms with Crippen LogP contribution in [0.2, 0.25) is 0 Å². The normalized spacial score (nSPS) is 24.8. The highest BCUT2D eigenvalue weighted by molar-refractivity contribution is 5.85. The fourth-order valence-electron chi connectivity index (χ4n) is 6.83. The summed E-state index contributed by atoms with van der Waals surface area (Å²) < 4.78 is 6.48. The summed E-state index contributed by atoms with van der Waals surface area (Å²) in [6.45, 7) is -0.363. The van der Waals surface area contributed by atoms with E-state index in [4.69, 9.17) is 0 Å². The topological polar surface area (TPSA) is 106 Å². The van der Waals surface area contributed by atoms with E-state index in [-0.39, 0.29) is 30.5 Å². The molecule has 2 bridgehead atoms. The molecule has 9 nitrogen and oxygen atoms in total. The maximum absolute atomic E-state index is 13.7. The number of carbonyl (C=O) groups is 2. The maximum Gasteiger partial charge on any atom is 0.325 e. The fourth-order valence-corrected chi connectivity index (χ4v) is 6.83. The molecule has 0 spiro atoms. The quantitative estimate of drug-likeness (QED) is 0.551. The minimum atomic E-state index is -0.528. The molecule has 0 unspecified atom stereocenters. The molecule has 2 N–H and O–H groups in total. The largest absolute Gasteiger partial charge is 0.468 e. The summed E-state index contributed by atoms with van der Waals surface area (Å²) in [6, 6.07) is 9.58. The summed E-state index contributed by atoms with van der Waals surface area (Å²) in [5, 5.41) is 5.40. The lowest BCUT2D eigenvalue weighted by molar-refractivity contribution is -0.140. The van der Waals surface area contributed by atoms with Gasteiger partial charge in [0.25, 0.3) is 5.56 Å². The van der Waals surface area contributed by atoms with Crippen molar-refractivity contribution in [1.29, 1.82) is 0 Å². The average Bonchev–Trinajstić information content (AvgIpc) is 3.14. The number of hydrogen-bond donors (Lipinski definition) is 2. The number of hydrogen-bond acceptors (Lipinski definition) is 7. The fraction of sp³-hybridized carbons (Fsp3) is 0.643. The van der Waals surface area contributed by atoms with E-state index < -0.39 is 11.9 Å². The van der Waals surface area contributed by atoms with Crippen LogP contribution in [0.25, 0.3) is 11.0 Å². The van der Waals surface area contributed by atoms with Gasteiger partial charge in [-0.15, -0.1) is 0 Å². The monoisotopic (exact) mass is 509 g/mol. The third kappa shape index (κ3) is 5.66. The molecule has 1 aromatic heterocycles. The Kier molecular flexibility index (Phi) is 8.08. The minimum absolute atomic E-state index is 0.108. The van der Waals surface area contributed by atoms with Gasteiger partial charge in [0.2, 0.25) is 5.91 Å². The highest BCUT2D eigenvalue weighted by atomic mass is 16.5. The molecule has 1 aliphatic carbocycles. The number of fused-ring (bicyclic) bond motifs is 3. The molecule has 9 heteroatoms. The van der Waals surface area contributed by atoms with Crippen LogP contribution in [-0.4, -0.2) is 64.7 Å². The summed E-state index contributed by atoms with van der Waals surface area (Å²) >= 11 is 0. The van der Waals surface area contributed by atoms with Crippen LogP contribution in [0.1, 0.15) is 76.7 Å². The van der Waals surface area contributed by atoms with Crippen LogP contribution in [0.4, 0.5) is 5.82 Å². The number of piperidine rings is 1. The van der Waals surface area contributed by atoms with Crippen LogP contribution in [0.5, 0.6) is 0 Å². The van der Waals surface area contributed by atoms with E-state index in [1.165, 1.54) is 64.9 Å². The van der Waals surface area contributed by atoms with Crippen molar-refractivity contribution in [3.63, 3.8) is 0 Å². The van der Waals surface area contributed by atoms with Gasteiger partial charge in [-0.25, -0.2) is 4.98 Å². The van der Waals surface area contributed by atoms with E-state index in [0.717, 1.165) is 23.9 Å². The van der Waals surface area contributed by atoms with E-state index in [9.17, 15) is 14.4 Å². The lowest BCUT2D eigenvalue weighted by Crippen LogP contribution is -2.50. The van der Waals surface area contributed by atoms with Crippen molar-refractivity contribution in [2.75, 3.05) is 25.5 Å². The molecule has 1 aromatic carbocycles. The van der Waals surface area contributed by atoms with Crippen molar-refractivity contribution < 1.29 is 14.3 Å². The summed E-state index contributed by atoms with van der Waals surface area (Å²) in [5.74, 6) is -0.765. The first-order valence-corrected chi connectivity index (χ1v) is 13.9. The molecule has 37 heavy (non-hydrogen) atoms. The number of nitrogens with one attached hydrogen (secondary N) is 2. The van der Waals surface area contributed by atoms with Gasteiger partial charge in [0.1, 0.15) is 6.54 Å². The highest BCUT2D eigenvalue weighted by Gasteiger charge is 2.44. The van der Waals surface area contributed by atoms with Gasteiger partial charge in [-0.3, -0.25) is 19.3 Å². The molecule has 2 saturated heterocycles. The highest BCUT2D eigenvalue weighted by Crippen LogP contribution is 2.44. The first kappa shape index (κ1) is 25.7. The Morgan fingerprint density at radius 3 is 2.30 bits per heavy atom. The molecule has 2 aromatic rings. The van der Waals surface area contributed by atoms with Crippen molar-refractivity contribution in [2.24, 2.45) is 0 Å². The second-order valence-corrected chi connectivity index (χ2v) is 10.8. The zero-order chi connectivity index (χ0) is 25.8. The molecule has 0 radical (unpaired) electrons. The van der Waals surface area contributed by atoms with Gasteiger partial charge < -0.3 is 19.9 Å². The second kappa shape index (κ2) is 11.6. The van der Waals surface area contributed by atoms with Crippen molar-refractivity contribution in [2.45, 2.75) is 94.8 Å². The number of ether oxygens (including phenoxy) is 1. The zero-order valence-corrected chi connectivity index (χ0v) is 21.8. The molecule has 200 valence electrons. The first-order chi connectivity index (χ1) is 18.0. The zero-order valence-electron chi connectivity index (χ0n) is 21.8. The number of rotatable bonds is 7. The number of carbonyl (C=O) groups excluding carboxylic acids is 2. The number of amides is 1. The van der Waals surface area contributed by atoms with Crippen molar-refractivity contribution in [1.82, 2.24) is 19.8 Å². The molecule has 3 fully saturated rings. The van der Waals surface area contributed by atoms with Gasteiger partial charge in [0.15, 0.2) is 5.82 Å². The van der Waals surface area contributed by atoms with Gasteiger partial charge in [0, 0.05) is 24.2 Å². The number of benzene rings is 1. The molecule has 3 aliphatic rings. The smallest absolute Gasteiger partial charge is 0.325 e. The van der Waals surface area contributed by atoms with Crippen LogP contribution in [-0.2, 0) is 14.3 Å². The molecule has 3 atom stereocenters. The van der Waals surface area contributed by atoms with Crippen molar-refractivity contribution in [3.8, 4) is 0 Å². The third-order valence-electron chi connectivity index (χ3n) is 8.50. The number of para-hydroxylation sites is 2. The molecule has 1 amide bonds. The third-order valence-corrected chi connectivity index (χ3v) is 8.50. The van der Waals surface area contributed by atoms with Gasteiger partial charge in [-0.1, -0.05) is 44.2 Å². The summed E-state index contributed by atoms with van der Waals surface area (Å²) in [4.78, 5) is 44.6. The van der Waals surface area contributed by atoms with Crippen molar-refractivity contribution >= 4 is 28.7 Å². The number of aromatic nitrogens is 2. The minimum Gasteiger partial charge on any atom is -0.468 e. The Hall–Kier alpha value is -2.94. The summed E-state index contributed by atoms with van der Waals surface area (Å²) in [5.41, 5.74) is 1.38. The van der Waals surface area contributed by atoms with E-state index in [1.54, 1.807) is 0 Å². The SMILES string of the molecule is COC(=O)CNC(=O)CNc1nc2ccccc2n([C@H]2C[C@H]3CC[C@@H](C2)N3C2CCCCCCC2)c1=O. The van der Waals surface area contributed by atoms with Crippen LogP contribution in [0.15, 0.2) is 29.1 Å². The van der Waals surface area contributed by atoms with E-state index in [1.807, 2.05) is 28.8 Å². The first-order valence-electron chi connectivity index (χ1n) is 13.9.